The molecule has 0 aromatic heterocycles. The predicted molar refractivity (Wildman–Crippen MR) is 98.6 cm³/mol. The third kappa shape index (κ3) is 4.35. The number of hydrogen-bond acceptors (Lipinski definition) is 4. The third-order valence-electron chi connectivity index (χ3n) is 4.48. The molecular weight excluding hydrogens is 371 g/mol. The van der Waals surface area contributed by atoms with Crippen molar-refractivity contribution in [3.05, 3.63) is 70.5 Å². The van der Waals surface area contributed by atoms with E-state index in [1.165, 1.54) is 18.3 Å². The second-order valence-electron chi connectivity index (χ2n) is 6.55. The molecule has 0 unspecified atom stereocenters. The number of aliphatic imine (C=N–C) groups is 1. The first-order valence-corrected chi connectivity index (χ1v) is 8.89. The Balaban J connectivity index is 1.85. The summed E-state index contributed by atoms with van der Waals surface area (Å²) in [4.78, 5) is 16.7. The van der Waals surface area contributed by atoms with Crippen molar-refractivity contribution in [3.8, 4) is 0 Å². The Morgan fingerprint density at radius 1 is 1.21 bits per heavy atom. The van der Waals surface area contributed by atoms with Gasteiger partial charge in [-0.3, -0.25) is 4.99 Å². The van der Waals surface area contributed by atoms with Crippen LogP contribution in [0.1, 0.15) is 25.0 Å². The minimum atomic E-state index is -4.39. The number of dihydropyridines is 1. The van der Waals surface area contributed by atoms with Crippen LogP contribution in [0, 0.1) is 5.92 Å². The first-order chi connectivity index (χ1) is 13.3. The van der Waals surface area contributed by atoms with Gasteiger partial charge in [-0.25, -0.2) is 4.79 Å². The Labute approximate surface area is 161 Å². The lowest BCUT2D eigenvalue weighted by molar-refractivity contribution is -0.138. The summed E-state index contributed by atoms with van der Waals surface area (Å²) >= 11 is 0. The maximum atomic E-state index is 12.7. The molecule has 0 fully saturated rings. The fourth-order valence-corrected chi connectivity index (χ4v) is 3.07. The lowest BCUT2D eigenvalue weighted by atomic mass is 9.87. The molecule has 3 rings (SSSR count). The van der Waals surface area contributed by atoms with Crippen LogP contribution < -0.4 is 0 Å². The number of benzene rings is 1. The van der Waals surface area contributed by atoms with E-state index in [1.807, 2.05) is 25.2 Å². The normalized spacial score (nSPS) is 21.2. The molecule has 4 nitrogen and oxygen atoms in total. The summed E-state index contributed by atoms with van der Waals surface area (Å²) in [7, 11) is 0. The van der Waals surface area contributed by atoms with Crippen LogP contribution in [0.2, 0.25) is 0 Å². The van der Waals surface area contributed by atoms with Gasteiger partial charge in [0.15, 0.2) is 0 Å². The van der Waals surface area contributed by atoms with E-state index < -0.39 is 17.7 Å². The highest BCUT2D eigenvalue weighted by Gasteiger charge is 2.33. The number of esters is 1. The topological polar surface area (TPSA) is 47.9 Å². The fraction of sp³-hybridized carbons (Fsp3) is 0.333. The highest BCUT2D eigenvalue weighted by molar-refractivity contribution is 6.10. The molecule has 1 aliphatic carbocycles. The van der Waals surface area contributed by atoms with Gasteiger partial charge in [-0.15, -0.1) is 0 Å². The van der Waals surface area contributed by atoms with Gasteiger partial charge in [0.2, 0.25) is 0 Å². The first kappa shape index (κ1) is 19.9. The standard InChI is InChI=1S/C21H20F3NO3/c1-3-27-20(26)17-11-25-18-9-4-13(2)10-16(18)19(17)28-12-14-5-7-15(8-6-14)21(22,23)24/h4-11,16,18H,3,12H2,1-2H3/t16-,18+/m1/s1. The summed E-state index contributed by atoms with van der Waals surface area (Å²) in [6, 6.07) is 4.56. The molecule has 0 radical (unpaired) electrons. The summed E-state index contributed by atoms with van der Waals surface area (Å²) in [5.41, 5.74) is 1.09. The van der Waals surface area contributed by atoms with Crippen molar-refractivity contribution in [2.75, 3.05) is 6.61 Å². The molecule has 28 heavy (non-hydrogen) atoms. The number of rotatable bonds is 5. The number of alkyl halides is 3. The van der Waals surface area contributed by atoms with E-state index >= 15 is 0 Å². The van der Waals surface area contributed by atoms with Crippen LogP contribution >= 0.6 is 0 Å². The van der Waals surface area contributed by atoms with Crippen LogP contribution in [0.25, 0.3) is 0 Å². The molecule has 0 saturated heterocycles. The number of ether oxygens (including phenoxy) is 2. The first-order valence-electron chi connectivity index (χ1n) is 8.89. The maximum absolute atomic E-state index is 12.7. The lowest BCUT2D eigenvalue weighted by Gasteiger charge is -2.29. The summed E-state index contributed by atoms with van der Waals surface area (Å²) < 4.78 is 49.2. The Bertz CT molecular complexity index is 864. The monoisotopic (exact) mass is 391 g/mol. The van der Waals surface area contributed by atoms with E-state index in [1.54, 1.807) is 6.92 Å². The second-order valence-corrected chi connectivity index (χ2v) is 6.55. The molecule has 0 N–H and O–H groups in total. The van der Waals surface area contributed by atoms with E-state index in [9.17, 15) is 18.0 Å². The van der Waals surface area contributed by atoms with Gasteiger partial charge in [0, 0.05) is 6.21 Å². The van der Waals surface area contributed by atoms with Gasteiger partial charge in [-0.2, -0.15) is 13.2 Å². The predicted octanol–water partition coefficient (Wildman–Crippen LogP) is 4.62. The van der Waals surface area contributed by atoms with Crippen LogP contribution in [0.5, 0.6) is 0 Å². The Morgan fingerprint density at radius 2 is 1.93 bits per heavy atom. The molecule has 1 aliphatic heterocycles. The molecule has 0 bridgehead atoms. The van der Waals surface area contributed by atoms with Gasteiger partial charge >= 0.3 is 12.1 Å². The van der Waals surface area contributed by atoms with E-state index in [0.717, 1.165) is 17.7 Å². The number of fused-ring (bicyclic) bond motifs is 1. The summed E-state index contributed by atoms with van der Waals surface area (Å²) in [6.45, 7) is 3.88. The van der Waals surface area contributed by atoms with E-state index in [4.69, 9.17) is 9.47 Å². The third-order valence-corrected chi connectivity index (χ3v) is 4.48. The van der Waals surface area contributed by atoms with Crippen molar-refractivity contribution in [2.45, 2.75) is 32.7 Å². The number of halogens is 3. The minimum absolute atomic E-state index is 0.0318. The zero-order valence-electron chi connectivity index (χ0n) is 15.5. The van der Waals surface area contributed by atoms with Gasteiger partial charge in [0.1, 0.15) is 17.9 Å². The summed E-state index contributed by atoms with van der Waals surface area (Å²) in [6.07, 6.45) is 2.90. The molecular formula is C21H20F3NO3. The number of hydrogen-bond donors (Lipinski definition) is 0. The SMILES string of the molecule is CCOC(=O)C1=C(OCc2ccc(C(F)(F)F)cc2)[C@@H]2C=C(C)C=C[C@@H]2N=C1. The largest absolute Gasteiger partial charge is 0.492 e. The Morgan fingerprint density at radius 3 is 2.57 bits per heavy atom. The van der Waals surface area contributed by atoms with Crippen molar-refractivity contribution < 1.29 is 27.4 Å². The van der Waals surface area contributed by atoms with Crippen molar-refractivity contribution in [1.82, 2.24) is 0 Å². The van der Waals surface area contributed by atoms with E-state index in [2.05, 4.69) is 4.99 Å². The molecule has 7 heteroatoms. The molecule has 2 aliphatic rings. The second kappa shape index (κ2) is 8.04. The molecule has 1 aromatic rings. The highest BCUT2D eigenvalue weighted by atomic mass is 19.4. The van der Waals surface area contributed by atoms with Crippen molar-refractivity contribution in [2.24, 2.45) is 10.9 Å². The zero-order chi connectivity index (χ0) is 20.3. The van der Waals surface area contributed by atoms with Crippen molar-refractivity contribution >= 4 is 12.2 Å². The number of carbonyl (C=O) groups excluding carboxylic acids is 1. The molecule has 1 aromatic carbocycles. The van der Waals surface area contributed by atoms with E-state index in [0.29, 0.717) is 11.3 Å². The number of allylic oxidation sites excluding steroid dienone is 2. The van der Waals surface area contributed by atoms with Gasteiger partial charge in [-0.1, -0.05) is 35.9 Å². The van der Waals surface area contributed by atoms with Gasteiger partial charge < -0.3 is 9.47 Å². The Kier molecular flexibility index (Phi) is 5.72. The van der Waals surface area contributed by atoms with E-state index in [-0.39, 0.29) is 30.7 Å². The average Bonchev–Trinajstić information content (AvgIpc) is 2.65. The number of carbonyl (C=O) groups is 1. The van der Waals surface area contributed by atoms with Crippen LogP contribution in [-0.2, 0) is 27.1 Å². The van der Waals surface area contributed by atoms with Crippen molar-refractivity contribution in [1.29, 1.82) is 0 Å². The molecule has 0 spiro atoms. The Hall–Kier alpha value is -2.83. The van der Waals surface area contributed by atoms with Crippen LogP contribution in [0.4, 0.5) is 13.2 Å². The summed E-state index contributed by atoms with van der Waals surface area (Å²) in [5.74, 6) is -0.376. The zero-order valence-corrected chi connectivity index (χ0v) is 15.5. The van der Waals surface area contributed by atoms with Crippen molar-refractivity contribution in [3.63, 3.8) is 0 Å². The average molecular weight is 391 g/mol. The van der Waals surface area contributed by atoms with Crippen LogP contribution in [0.3, 0.4) is 0 Å². The molecule has 148 valence electrons. The summed E-state index contributed by atoms with van der Waals surface area (Å²) in [5, 5.41) is 0. The minimum Gasteiger partial charge on any atom is -0.492 e. The smallest absolute Gasteiger partial charge is 0.416 e. The highest BCUT2D eigenvalue weighted by Crippen LogP contribution is 2.33. The maximum Gasteiger partial charge on any atom is 0.416 e. The van der Waals surface area contributed by atoms with Crippen LogP contribution in [0.15, 0.2) is 64.4 Å². The quantitative estimate of drug-likeness (QED) is 0.688. The van der Waals surface area contributed by atoms with Gasteiger partial charge in [0.05, 0.1) is 24.1 Å². The molecule has 0 amide bonds. The fourth-order valence-electron chi connectivity index (χ4n) is 3.07. The van der Waals surface area contributed by atoms with Gasteiger partial charge in [0.25, 0.3) is 0 Å². The lowest BCUT2D eigenvalue weighted by Crippen LogP contribution is -2.29. The van der Waals surface area contributed by atoms with Crippen LogP contribution in [-0.4, -0.2) is 24.8 Å². The molecule has 1 heterocycles. The molecule has 0 saturated carbocycles. The number of nitrogens with zero attached hydrogens (tertiary/aromatic N) is 1. The van der Waals surface area contributed by atoms with Gasteiger partial charge in [-0.05, 0) is 31.5 Å². The molecule has 2 atom stereocenters.